The van der Waals surface area contributed by atoms with Gasteiger partial charge in [0.25, 0.3) is 0 Å². The van der Waals surface area contributed by atoms with Gasteiger partial charge in [0, 0.05) is 13.0 Å². The molecule has 2 aromatic rings. The fourth-order valence-electron chi connectivity index (χ4n) is 1.72. The fraction of sp³-hybridized carbons (Fsp3) is 0.333. The Hall–Kier alpha value is -1.86. The van der Waals surface area contributed by atoms with Gasteiger partial charge in [0.2, 0.25) is 0 Å². The molecule has 0 saturated carbocycles. The molecule has 0 fully saturated rings. The second-order valence-corrected chi connectivity index (χ2v) is 4.47. The first-order valence-electron chi connectivity index (χ1n) is 5.87. The Balaban J connectivity index is 1.89. The molecule has 0 aliphatic carbocycles. The molecule has 0 aliphatic heterocycles. The number of rotatable bonds is 6. The molecule has 2 rings (SSSR count). The van der Waals surface area contributed by atoms with Crippen LogP contribution in [0.15, 0.2) is 24.3 Å². The Kier molecular flexibility index (Phi) is 4.53. The van der Waals surface area contributed by atoms with Gasteiger partial charge in [0.1, 0.15) is 11.6 Å². The Morgan fingerprint density at radius 1 is 1.47 bits per heavy atom. The van der Waals surface area contributed by atoms with Crippen molar-refractivity contribution in [3.8, 4) is 5.75 Å². The van der Waals surface area contributed by atoms with Crippen molar-refractivity contribution in [2.45, 2.75) is 12.5 Å². The van der Waals surface area contributed by atoms with Crippen LogP contribution >= 0.6 is 12.2 Å². The number of aliphatic hydroxyl groups excluding tert-OH is 1. The maximum Gasteiger partial charge on any atom is 0.192 e. The van der Waals surface area contributed by atoms with Gasteiger partial charge in [-0.3, -0.25) is 5.10 Å². The zero-order valence-electron chi connectivity index (χ0n) is 10.5. The highest BCUT2D eigenvalue weighted by Gasteiger charge is 2.09. The van der Waals surface area contributed by atoms with Gasteiger partial charge in [-0.15, -0.1) is 0 Å². The third kappa shape index (κ3) is 3.80. The van der Waals surface area contributed by atoms with Crippen molar-refractivity contribution in [2.75, 3.05) is 19.0 Å². The third-order valence-electron chi connectivity index (χ3n) is 2.61. The van der Waals surface area contributed by atoms with Gasteiger partial charge in [0.15, 0.2) is 4.77 Å². The number of para-hydroxylation sites is 2. The molecule has 1 atom stereocenters. The van der Waals surface area contributed by atoms with Crippen LogP contribution in [0.1, 0.15) is 5.82 Å². The van der Waals surface area contributed by atoms with Crippen molar-refractivity contribution in [3.63, 3.8) is 0 Å². The first-order valence-corrected chi connectivity index (χ1v) is 6.28. The van der Waals surface area contributed by atoms with Crippen LogP contribution < -0.4 is 10.1 Å². The molecule has 0 amide bonds. The molecule has 0 saturated heterocycles. The zero-order valence-corrected chi connectivity index (χ0v) is 11.3. The summed E-state index contributed by atoms with van der Waals surface area (Å²) < 4.78 is 5.68. The summed E-state index contributed by atoms with van der Waals surface area (Å²) in [5.41, 5.74) is 0.846. The summed E-state index contributed by atoms with van der Waals surface area (Å²) in [5, 5.41) is 19.6. The minimum Gasteiger partial charge on any atom is -0.495 e. The van der Waals surface area contributed by atoms with E-state index < -0.39 is 6.10 Å². The van der Waals surface area contributed by atoms with E-state index in [4.69, 9.17) is 17.0 Å². The number of aromatic amines is 2. The minimum atomic E-state index is -0.570. The molecule has 6 nitrogen and oxygen atoms in total. The molecule has 1 unspecified atom stereocenters. The Morgan fingerprint density at radius 2 is 2.26 bits per heavy atom. The van der Waals surface area contributed by atoms with E-state index in [1.807, 2.05) is 24.3 Å². The van der Waals surface area contributed by atoms with Crippen LogP contribution in [-0.4, -0.2) is 40.0 Å². The molecule has 1 heterocycles. The molecule has 7 heteroatoms. The molecule has 1 aromatic heterocycles. The van der Waals surface area contributed by atoms with Crippen molar-refractivity contribution in [2.24, 2.45) is 0 Å². The van der Waals surface area contributed by atoms with E-state index in [9.17, 15) is 5.11 Å². The van der Waals surface area contributed by atoms with Gasteiger partial charge in [0.05, 0.1) is 18.9 Å². The Labute approximate surface area is 115 Å². The topological polar surface area (TPSA) is 86.0 Å². The van der Waals surface area contributed by atoms with E-state index in [0.717, 1.165) is 11.4 Å². The average molecular weight is 280 g/mol. The monoisotopic (exact) mass is 280 g/mol. The summed E-state index contributed by atoms with van der Waals surface area (Å²) in [6.07, 6.45) is -0.172. The standard InChI is InChI=1S/C12H16N4O2S/c1-18-10-5-3-2-4-9(10)13-7-8(17)6-11-14-12(19)16-15-11/h2-5,8,13,17H,6-7H2,1H3,(H2,14,15,16,19). The SMILES string of the molecule is COc1ccccc1NCC(O)Cc1n[nH]c(=S)[nH]1. The number of nitrogens with zero attached hydrogens (tertiary/aromatic N) is 1. The maximum absolute atomic E-state index is 9.93. The zero-order chi connectivity index (χ0) is 13.7. The van der Waals surface area contributed by atoms with E-state index in [2.05, 4.69) is 20.5 Å². The molecule has 4 N–H and O–H groups in total. The van der Waals surface area contributed by atoms with E-state index in [1.54, 1.807) is 7.11 Å². The van der Waals surface area contributed by atoms with Gasteiger partial charge >= 0.3 is 0 Å². The van der Waals surface area contributed by atoms with Crippen molar-refractivity contribution >= 4 is 17.9 Å². The lowest BCUT2D eigenvalue weighted by atomic mass is 10.2. The van der Waals surface area contributed by atoms with Gasteiger partial charge < -0.3 is 20.1 Å². The maximum atomic E-state index is 9.93. The lowest BCUT2D eigenvalue weighted by molar-refractivity contribution is 0.185. The predicted molar refractivity (Wildman–Crippen MR) is 75.0 cm³/mol. The highest BCUT2D eigenvalue weighted by Crippen LogP contribution is 2.22. The molecule has 19 heavy (non-hydrogen) atoms. The number of methoxy groups -OCH3 is 1. The number of aromatic nitrogens is 3. The average Bonchev–Trinajstić information content (AvgIpc) is 2.82. The summed E-state index contributed by atoms with van der Waals surface area (Å²) in [5.74, 6) is 1.38. The van der Waals surface area contributed by atoms with Crippen molar-refractivity contribution in [1.29, 1.82) is 0 Å². The fourth-order valence-corrected chi connectivity index (χ4v) is 1.88. The van der Waals surface area contributed by atoms with Crippen LogP contribution in [0.5, 0.6) is 5.75 Å². The van der Waals surface area contributed by atoms with Gasteiger partial charge in [-0.1, -0.05) is 12.1 Å². The van der Waals surface area contributed by atoms with Crippen molar-refractivity contribution in [1.82, 2.24) is 15.2 Å². The summed E-state index contributed by atoms with van der Waals surface area (Å²) >= 11 is 4.87. The van der Waals surface area contributed by atoms with Gasteiger partial charge in [-0.2, -0.15) is 5.10 Å². The number of H-pyrrole nitrogens is 2. The Morgan fingerprint density at radius 3 is 2.95 bits per heavy atom. The minimum absolute atomic E-state index is 0.397. The first-order chi connectivity index (χ1) is 9.19. The summed E-state index contributed by atoms with van der Waals surface area (Å²) in [4.78, 5) is 2.86. The molecule has 1 aromatic carbocycles. The first kappa shape index (κ1) is 13.6. The van der Waals surface area contributed by atoms with Crippen LogP contribution in [0.25, 0.3) is 0 Å². The number of anilines is 1. The molecule has 0 bridgehead atoms. The largest absolute Gasteiger partial charge is 0.495 e. The van der Waals surface area contributed by atoms with Crippen molar-refractivity contribution < 1.29 is 9.84 Å². The summed E-state index contributed by atoms with van der Waals surface area (Å²) in [6, 6.07) is 7.56. The second kappa shape index (κ2) is 6.35. The number of hydrogen-bond donors (Lipinski definition) is 4. The van der Waals surface area contributed by atoms with Crippen LogP contribution in [0, 0.1) is 4.77 Å². The van der Waals surface area contributed by atoms with Gasteiger partial charge in [-0.25, -0.2) is 0 Å². The normalized spacial score (nSPS) is 12.1. The van der Waals surface area contributed by atoms with Crippen LogP contribution in [0.3, 0.4) is 0 Å². The molecule has 0 spiro atoms. The summed E-state index contributed by atoms with van der Waals surface area (Å²) in [7, 11) is 1.61. The quantitative estimate of drug-likeness (QED) is 0.602. The number of aliphatic hydroxyl groups is 1. The van der Waals surface area contributed by atoms with Crippen LogP contribution in [0.4, 0.5) is 5.69 Å². The predicted octanol–water partition coefficient (Wildman–Crippen LogP) is 1.49. The highest BCUT2D eigenvalue weighted by molar-refractivity contribution is 7.71. The number of nitrogens with one attached hydrogen (secondary N) is 3. The molecule has 102 valence electrons. The number of benzene rings is 1. The van der Waals surface area contributed by atoms with Crippen LogP contribution in [0.2, 0.25) is 0 Å². The third-order valence-corrected chi connectivity index (χ3v) is 2.81. The molecule has 0 aliphatic rings. The lowest BCUT2D eigenvalue weighted by Gasteiger charge is -2.13. The van der Waals surface area contributed by atoms with Gasteiger partial charge in [-0.05, 0) is 24.4 Å². The lowest BCUT2D eigenvalue weighted by Crippen LogP contribution is -2.22. The van der Waals surface area contributed by atoms with Crippen molar-refractivity contribution in [3.05, 3.63) is 34.9 Å². The van der Waals surface area contributed by atoms with Crippen LogP contribution in [-0.2, 0) is 6.42 Å². The van der Waals surface area contributed by atoms with E-state index in [1.165, 1.54) is 0 Å². The molecular formula is C12H16N4O2S. The summed E-state index contributed by atoms with van der Waals surface area (Å²) in [6.45, 7) is 0.397. The smallest absolute Gasteiger partial charge is 0.192 e. The molecular weight excluding hydrogens is 264 g/mol. The van der Waals surface area contributed by atoms with E-state index >= 15 is 0 Å². The second-order valence-electron chi connectivity index (χ2n) is 4.06. The highest BCUT2D eigenvalue weighted by atomic mass is 32.1. The Bertz CT molecular complexity index is 581. The molecule has 0 radical (unpaired) electrons. The number of hydrogen-bond acceptors (Lipinski definition) is 5. The van der Waals surface area contributed by atoms with E-state index in [-0.39, 0.29) is 0 Å². The number of ether oxygens (including phenoxy) is 1. The van der Waals surface area contributed by atoms with E-state index in [0.29, 0.717) is 23.6 Å².